The number of halogens is 1. The van der Waals surface area contributed by atoms with Crippen LogP contribution in [0.15, 0.2) is 79.0 Å². The van der Waals surface area contributed by atoms with Crippen molar-refractivity contribution in [1.29, 1.82) is 0 Å². The number of piperazine rings is 1. The van der Waals surface area contributed by atoms with Crippen molar-refractivity contribution in [2.75, 3.05) is 76.2 Å². The first kappa shape index (κ1) is 45.0. The van der Waals surface area contributed by atoms with E-state index < -0.39 is 6.04 Å². The van der Waals surface area contributed by atoms with Gasteiger partial charge in [0.1, 0.15) is 24.1 Å². The first-order valence-corrected chi connectivity index (χ1v) is 24.4. The van der Waals surface area contributed by atoms with E-state index in [2.05, 4.69) is 108 Å². The molecule has 3 amide bonds. The van der Waals surface area contributed by atoms with E-state index in [-0.39, 0.29) is 23.8 Å². The number of aryl methyl sites for hydroxylation is 1. The predicted octanol–water partition coefficient (Wildman–Crippen LogP) is 7.75. The molecule has 4 aliphatic heterocycles. The zero-order valence-electron chi connectivity index (χ0n) is 38.8. The van der Waals surface area contributed by atoms with Crippen LogP contribution in [-0.4, -0.2) is 124 Å². The van der Waals surface area contributed by atoms with Gasteiger partial charge in [0, 0.05) is 101 Å². The Kier molecular flexibility index (Phi) is 13.1. The number of imidazole rings is 1. The van der Waals surface area contributed by atoms with Crippen LogP contribution < -0.4 is 15.5 Å². The Balaban J connectivity index is 0.677. The summed E-state index contributed by atoms with van der Waals surface area (Å²) in [6.45, 7) is 11.1. The highest BCUT2D eigenvalue weighted by Gasteiger charge is 2.30. The van der Waals surface area contributed by atoms with Crippen LogP contribution >= 0.6 is 11.6 Å². The average Bonchev–Trinajstić information content (AvgIpc) is 3.92. The monoisotopic (exact) mass is 924 g/mol. The minimum Gasteiger partial charge on any atom is -0.377 e. The number of hydrogen-bond acceptors (Lipinski definition) is 10. The van der Waals surface area contributed by atoms with Crippen LogP contribution in [0, 0.1) is 5.92 Å². The van der Waals surface area contributed by atoms with Crippen molar-refractivity contribution >= 4 is 62.8 Å². The summed E-state index contributed by atoms with van der Waals surface area (Å²) in [7, 11) is 3.81. The van der Waals surface area contributed by atoms with E-state index in [0.717, 1.165) is 141 Å². The molecular formula is C52H61ClN10O4. The number of imide groups is 1. The van der Waals surface area contributed by atoms with E-state index in [1.54, 1.807) is 7.11 Å². The summed E-state index contributed by atoms with van der Waals surface area (Å²) in [6, 6.07) is 24.9. The molecule has 3 aromatic carbocycles. The van der Waals surface area contributed by atoms with Crippen LogP contribution in [0.3, 0.4) is 0 Å². The topological polar surface area (TPSA) is 144 Å². The third-order valence-electron chi connectivity index (χ3n) is 14.9. The highest BCUT2D eigenvalue weighted by Crippen LogP contribution is 2.37. The van der Waals surface area contributed by atoms with Gasteiger partial charge in [-0.2, -0.15) is 0 Å². The number of aromatic amines is 1. The molecule has 10 rings (SSSR count). The van der Waals surface area contributed by atoms with Gasteiger partial charge < -0.3 is 29.4 Å². The van der Waals surface area contributed by atoms with Crippen molar-refractivity contribution in [2.45, 2.75) is 70.1 Å². The maximum absolute atomic E-state index is 13.7. The maximum Gasteiger partial charge on any atom is 0.253 e. The van der Waals surface area contributed by atoms with E-state index in [0.29, 0.717) is 36.3 Å². The molecule has 0 saturated carbocycles. The van der Waals surface area contributed by atoms with Crippen molar-refractivity contribution in [3.63, 3.8) is 0 Å². The first-order chi connectivity index (χ1) is 32.6. The Morgan fingerprint density at radius 2 is 1.67 bits per heavy atom. The van der Waals surface area contributed by atoms with Crippen molar-refractivity contribution < 1.29 is 19.1 Å². The summed E-state index contributed by atoms with van der Waals surface area (Å²) >= 11 is 6.75. The van der Waals surface area contributed by atoms with Gasteiger partial charge in [-0.05, 0) is 135 Å². The number of likely N-dealkylation sites (tertiary alicyclic amines) is 2. The highest BCUT2D eigenvalue weighted by molar-refractivity contribution is 6.33. The van der Waals surface area contributed by atoms with Gasteiger partial charge in [-0.3, -0.25) is 29.5 Å². The molecular weight excluding hydrogens is 864 g/mol. The second-order valence-electron chi connectivity index (χ2n) is 19.0. The van der Waals surface area contributed by atoms with Crippen LogP contribution in [0.25, 0.3) is 33.2 Å². The number of methoxy groups -OCH3 is 1. The molecule has 6 aromatic rings. The number of pyridine rings is 1. The van der Waals surface area contributed by atoms with E-state index in [1.165, 1.54) is 11.3 Å². The number of H-pyrrole nitrogens is 1. The molecule has 0 radical (unpaired) electrons. The Bertz CT molecular complexity index is 2760. The predicted molar refractivity (Wildman–Crippen MR) is 263 cm³/mol. The summed E-state index contributed by atoms with van der Waals surface area (Å²) in [5.41, 5.74) is 10.3. The minimum atomic E-state index is -0.443. The molecule has 2 atom stereocenters. The van der Waals surface area contributed by atoms with Crippen molar-refractivity contribution in [3.8, 4) is 11.1 Å². The number of nitrogens with one attached hydrogen (secondary N) is 3. The zero-order valence-corrected chi connectivity index (χ0v) is 39.5. The molecule has 3 N–H and O–H groups in total. The molecule has 67 heavy (non-hydrogen) atoms. The molecule has 4 aliphatic rings. The van der Waals surface area contributed by atoms with E-state index >= 15 is 0 Å². The summed E-state index contributed by atoms with van der Waals surface area (Å²) in [5.74, 6) is 1.48. The number of aromatic nitrogens is 4. The number of hydrogen-bond donors (Lipinski definition) is 3. The van der Waals surface area contributed by atoms with Crippen LogP contribution in [0.5, 0.6) is 0 Å². The Hall–Kier alpha value is -5.80. The molecule has 350 valence electrons. The van der Waals surface area contributed by atoms with E-state index in [1.807, 2.05) is 29.3 Å². The number of carbonyl (C=O) groups excluding carboxylic acids is 3. The smallest absolute Gasteiger partial charge is 0.253 e. The van der Waals surface area contributed by atoms with Crippen LogP contribution in [0.2, 0.25) is 5.02 Å². The van der Waals surface area contributed by atoms with Gasteiger partial charge in [0.05, 0.1) is 21.7 Å². The Labute approximate surface area is 397 Å². The standard InChI is InChI=1S/C52H61ClN10O4/c1-33(47-30-41-40(14-19-54-50(41)59(47)2)38-8-10-43-45(28-38)57-48(56-43)32-67-3)61-22-17-36(18-23-61)35-4-6-37(7-5-35)52(66)63-20-15-34(16-21-63)31-60-24-26-62(27-25-60)46-12-9-39(29-42(46)53)55-44-11-13-49(64)58-51(44)65/h4-10,12,14,19,28-30,33-34,36,44,55H,11,13,15-18,20-27,31-32H2,1-3H3,(H,56,57)(H,58,64,65)/t33-,44?/m0/s1. The van der Waals surface area contributed by atoms with Gasteiger partial charge >= 0.3 is 0 Å². The Morgan fingerprint density at radius 1 is 0.896 bits per heavy atom. The maximum atomic E-state index is 13.7. The number of carbonyl (C=O) groups is 3. The Morgan fingerprint density at radius 3 is 2.40 bits per heavy atom. The molecule has 14 nitrogen and oxygen atoms in total. The van der Waals surface area contributed by atoms with Crippen LogP contribution in [-0.2, 0) is 28.0 Å². The molecule has 1 unspecified atom stereocenters. The summed E-state index contributed by atoms with van der Waals surface area (Å²) in [6.07, 6.45) is 6.90. The fourth-order valence-electron chi connectivity index (χ4n) is 11.0. The van der Waals surface area contributed by atoms with Crippen LogP contribution in [0.1, 0.15) is 84.8 Å². The molecule has 4 fully saturated rings. The van der Waals surface area contributed by atoms with Gasteiger partial charge in [-0.25, -0.2) is 9.97 Å². The summed E-state index contributed by atoms with van der Waals surface area (Å²) < 4.78 is 7.55. The number of nitrogens with zero attached hydrogens (tertiary/aromatic N) is 7. The highest BCUT2D eigenvalue weighted by atomic mass is 35.5. The van der Waals surface area contributed by atoms with Gasteiger partial charge in [0.2, 0.25) is 11.8 Å². The molecule has 7 heterocycles. The summed E-state index contributed by atoms with van der Waals surface area (Å²) in [5, 5.41) is 7.41. The van der Waals surface area contributed by atoms with E-state index in [9.17, 15) is 14.4 Å². The third-order valence-corrected chi connectivity index (χ3v) is 15.2. The number of rotatable bonds is 12. The van der Waals surface area contributed by atoms with E-state index in [4.69, 9.17) is 21.3 Å². The van der Waals surface area contributed by atoms with Gasteiger partial charge in [-0.1, -0.05) is 29.8 Å². The van der Waals surface area contributed by atoms with Crippen molar-refractivity contribution in [2.24, 2.45) is 13.0 Å². The number of fused-ring (bicyclic) bond motifs is 2. The summed E-state index contributed by atoms with van der Waals surface area (Å²) in [4.78, 5) is 59.8. The quantitative estimate of drug-likeness (QED) is 0.104. The normalized spacial score (nSPS) is 19.9. The lowest BCUT2D eigenvalue weighted by molar-refractivity contribution is -0.133. The zero-order chi connectivity index (χ0) is 46.2. The molecule has 0 aliphatic carbocycles. The molecule has 4 saturated heterocycles. The largest absolute Gasteiger partial charge is 0.377 e. The fourth-order valence-corrected chi connectivity index (χ4v) is 11.3. The third kappa shape index (κ3) is 9.54. The number of benzene rings is 3. The lowest BCUT2D eigenvalue weighted by atomic mass is 9.88. The number of amides is 3. The van der Waals surface area contributed by atoms with Crippen molar-refractivity contribution in [1.82, 2.24) is 39.5 Å². The lowest BCUT2D eigenvalue weighted by Gasteiger charge is -2.40. The van der Waals surface area contributed by atoms with Gasteiger partial charge in [-0.15, -0.1) is 0 Å². The second kappa shape index (κ2) is 19.4. The fraction of sp³-hybridized carbons (Fsp3) is 0.442. The molecule has 0 bridgehead atoms. The van der Waals surface area contributed by atoms with Crippen molar-refractivity contribution in [3.05, 3.63) is 107 Å². The van der Waals surface area contributed by atoms with Crippen LogP contribution in [0.4, 0.5) is 11.4 Å². The second-order valence-corrected chi connectivity index (χ2v) is 19.4. The molecule has 15 heteroatoms. The first-order valence-electron chi connectivity index (χ1n) is 24.0. The number of anilines is 2. The average molecular weight is 926 g/mol. The minimum absolute atomic E-state index is 0.142. The SMILES string of the molecule is COCc1nc2ccc(-c3ccnc4c3cc([C@H](C)N3CCC(c5ccc(C(=O)N6CCC(CN7CCN(c8ccc(NC9CCC(=O)NC9=O)cc8Cl)CC7)CC6)cc5)CC3)n4C)cc2[nH]1. The molecule has 3 aromatic heterocycles. The molecule has 0 spiro atoms. The lowest BCUT2D eigenvalue weighted by Crippen LogP contribution is -2.49. The number of ether oxygens (including phenoxy) is 1. The van der Waals surface area contributed by atoms with Gasteiger partial charge in [0.25, 0.3) is 5.91 Å². The number of piperidine rings is 3. The van der Waals surface area contributed by atoms with Gasteiger partial charge in [0.15, 0.2) is 0 Å².